The number of nitrogens with zero attached hydrogens (tertiary/aromatic N) is 2. The lowest BCUT2D eigenvalue weighted by Crippen LogP contribution is -2.18. The summed E-state index contributed by atoms with van der Waals surface area (Å²) in [6.07, 6.45) is 1.88. The molecule has 1 N–H and O–H groups in total. The maximum absolute atomic E-state index is 5.32. The van der Waals surface area contributed by atoms with Crippen LogP contribution >= 0.6 is 0 Å². The van der Waals surface area contributed by atoms with Gasteiger partial charge in [-0.05, 0) is 19.9 Å². The number of nitrogens with one attached hydrogen (secondary N) is 1. The second kappa shape index (κ2) is 6.60. The van der Waals surface area contributed by atoms with Crippen LogP contribution in [0.4, 0.5) is 0 Å². The maximum Gasteiger partial charge on any atom is 0.243 e. The molecule has 2 atom stereocenters. The molecule has 1 aromatic heterocycles. The van der Waals surface area contributed by atoms with E-state index < -0.39 is 0 Å². The van der Waals surface area contributed by atoms with Gasteiger partial charge in [0.05, 0.1) is 6.04 Å². The largest absolute Gasteiger partial charge is 0.373 e. The number of methoxy groups -OCH3 is 1. The third-order valence-electron chi connectivity index (χ3n) is 2.46. The normalized spacial score (nSPS) is 15.0. The summed E-state index contributed by atoms with van der Waals surface area (Å²) in [6, 6.07) is 0.0883. The summed E-state index contributed by atoms with van der Waals surface area (Å²) in [4.78, 5) is 4.35. The molecule has 0 spiro atoms. The Balaban J connectivity index is 2.68. The molecule has 0 aromatic carbocycles. The molecule has 16 heavy (non-hydrogen) atoms. The predicted octanol–water partition coefficient (Wildman–Crippen LogP) is 2.23. The van der Waals surface area contributed by atoms with Crippen LogP contribution in [0.2, 0.25) is 0 Å². The number of rotatable bonds is 7. The molecule has 2 unspecified atom stereocenters. The smallest absolute Gasteiger partial charge is 0.243 e. The highest BCUT2D eigenvalue weighted by molar-refractivity contribution is 4.94. The molecule has 0 aliphatic rings. The number of aromatic nitrogens is 2. The monoisotopic (exact) mass is 227 g/mol. The van der Waals surface area contributed by atoms with Gasteiger partial charge in [-0.25, -0.2) is 0 Å². The molecule has 0 saturated carbocycles. The van der Waals surface area contributed by atoms with Gasteiger partial charge >= 0.3 is 0 Å². The Morgan fingerprint density at radius 3 is 2.75 bits per heavy atom. The zero-order chi connectivity index (χ0) is 12.0. The maximum atomic E-state index is 5.32. The van der Waals surface area contributed by atoms with Crippen LogP contribution in [0.5, 0.6) is 0 Å². The van der Waals surface area contributed by atoms with Crippen LogP contribution in [-0.2, 0) is 4.74 Å². The third-order valence-corrected chi connectivity index (χ3v) is 2.46. The van der Waals surface area contributed by atoms with Crippen molar-refractivity contribution in [1.82, 2.24) is 15.5 Å². The van der Waals surface area contributed by atoms with Crippen molar-refractivity contribution in [2.75, 3.05) is 13.7 Å². The SMILES string of the molecule is CCCC(OC)c1noc(C(C)NCC)n1. The van der Waals surface area contributed by atoms with E-state index in [9.17, 15) is 0 Å². The predicted molar refractivity (Wildman–Crippen MR) is 61.0 cm³/mol. The van der Waals surface area contributed by atoms with Gasteiger partial charge in [-0.3, -0.25) is 0 Å². The van der Waals surface area contributed by atoms with E-state index in [2.05, 4.69) is 22.4 Å². The van der Waals surface area contributed by atoms with E-state index in [1.807, 2.05) is 13.8 Å². The molecule has 0 bridgehead atoms. The van der Waals surface area contributed by atoms with Crippen molar-refractivity contribution < 1.29 is 9.26 Å². The molecule has 0 amide bonds. The summed E-state index contributed by atoms with van der Waals surface area (Å²) in [5, 5.41) is 7.19. The summed E-state index contributed by atoms with van der Waals surface area (Å²) in [6.45, 7) is 7.03. The van der Waals surface area contributed by atoms with Crippen LogP contribution in [0.3, 0.4) is 0 Å². The van der Waals surface area contributed by atoms with Crippen molar-refractivity contribution >= 4 is 0 Å². The number of hydrogen-bond donors (Lipinski definition) is 1. The molecule has 5 nitrogen and oxygen atoms in total. The van der Waals surface area contributed by atoms with E-state index in [4.69, 9.17) is 9.26 Å². The van der Waals surface area contributed by atoms with Crippen LogP contribution < -0.4 is 5.32 Å². The minimum atomic E-state index is -0.0590. The molecular formula is C11H21N3O2. The van der Waals surface area contributed by atoms with Crippen molar-refractivity contribution in [3.05, 3.63) is 11.7 Å². The van der Waals surface area contributed by atoms with E-state index >= 15 is 0 Å². The summed E-state index contributed by atoms with van der Waals surface area (Å²) >= 11 is 0. The molecule has 5 heteroatoms. The minimum Gasteiger partial charge on any atom is -0.373 e. The fourth-order valence-corrected chi connectivity index (χ4v) is 1.56. The highest BCUT2D eigenvalue weighted by Gasteiger charge is 2.19. The Labute approximate surface area is 96.6 Å². The van der Waals surface area contributed by atoms with E-state index in [1.54, 1.807) is 7.11 Å². The minimum absolute atomic E-state index is 0.0590. The summed E-state index contributed by atoms with van der Waals surface area (Å²) in [7, 11) is 1.67. The molecule has 0 radical (unpaired) electrons. The van der Waals surface area contributed by atoms with E-state index in [1.165, 1.54) is 0 Å². The average molecular weight is 227 g/mol. The van der Waals surface area contributed by atoms with Crippen molar-refractivity contribution in [3.8, 4) is 0 Å². The number of ether oxygens (including phenoxy) is 1. The van der Waals surface area contributed by atoms with Crippen molar-refractivity contribution in [2.45, 2.75) is 45.8 Å². The van der Waals surface area contributed by atoms with Crippen LogP contribution in [-0.4, -0.2) is 23.8 Å². The number of hydrogen-bond acceptors (Lipinski definition) is 5. The highest BCUT2D eigenvalue weighted by atomic mass is 16.5. The van der Waals surface area contributed by atoms with Crippen molar-refractivity contribution in [1.29, 1.82) is 0 Å². The molecule has 0 aliphatic heterocycles. The van der Waals surface area contributed by atoms with Gasteiger partial charge in [-0.2, -0.15) is 4.98 Å². The third kappa shape index (κ3) is 3.28. The van der Waals surface area contributed by atoms with Crippen LogP contribution in [0.1, 0.15) is 57.5 Å². The molecule has 1 heterocycles. The Morgan fingerprint density at radius 2 is 2.19 bits per heavy atom. The van der Waals surface area contributed by atoms with Gasteiger partial charge in [0.2, 0.25) is 11.7 Å². The van der Waals surface area contributed by atoms with Gasteiger partial charge in [-0.15, -0.1) is 0 Å². The van der Waals surface area contributed by atoms with Crippen molar-refractivity contribution in [3.63, 3.8) is 0 Å². The molecule has 0 aliphatic carbocycles. The Morgan fingerprint density at radius 1 is 1.44 bits per heavy atom. The fourth-order valence-electron chi connectivity index (χ4n) is 1.56. The highest BCUT2D eigenvalue weighted by Crippen LogP contribution is 2.20. The lowest BCUT2D eigenvalue weighted by molar-refractivity contribution is 0.0854. The molecular weight excluding hydrogens is 206 g/mol. The van der Waals surface area contributed by atoms with Gasteiger partial charge in [0.15, 0.2) is 0 Å². The van der Waals surface area contributed by atoms with Gasteiger partial charge in [0.25, 0.3) is 0 Å². The molecule has 0 saturated heterocycles. The molecule has 1 rings (SSSR count). The quantitative estimate of drug-likeness (QED) is 0.774. The second-order valence-corrected chi connectivity index (χ2v) is 3.78. The van der Waals surface area contributed by atoms with Crippen LogP contribution in [0, 0.1) is 0 Å². The fraction of sp³-hybridized carbons (Fsp3) is 0.818. The van der Waals surface area contributed by atoms with Gasteiger partial charge in [0.1, 0.15) is 6.10 Å². The molecule has 0 fully saturated rings. The lowest BCUT2D eigenvalue weighted by atomic mass is 10.2. The first-order valence-electron chi connectivity index (χ1n) is 5.82. The standard InChI is InChI=1S/C11H21N3O2/c1-5-7-9(15-4)10-13-11(16-14-10)8(3)12-6-2/h8-9,12H,5-7H2,1-4H3. The zero-order valence-electron chi connectivity index (χ0n) is 10.5. The first-order chi connectivity index (χ1) is 7.72. The first-order valence-corrected chi connectivity index (χ1v) is 5.82. The topological polar surface area (TPSA) is 60.2 Å². The second-order valence-electron chi connectivity index (χ2n) is 3.78. The summed E-state index contributed by atoms with van der Waals surface area (Å²) in [5.41, 5.74) is 0. The van der Waals surface area contributed by atoms with E-state index in [-0.39, 0.29) is 12.1 Å². The van der Waals surface area contributed by atoms with Crippen LogP contribution in [0.25, 0.3) is 0 Å². The summed E-state index contributed by atoms with van der Waals surface area (Å²) in [5.74, 6) is 1.26. The Kier molecular flexibility index (Phi) is 5.42. The molecule has 92 valence electrons. The summed E-state index contributed by atoms with van der Waals surface area (Å²) < 4.78 is 10.5. The first kappa shape index (κ1) is 13.1. The molecule has 1 aromatic rings. The average Bonchev–Trinajstić information content (AvgIpc) is 2.75. The Bertz CT molecular complexity index is 301. The lowest BCUT2D eigenvalue weighted by Gasteiger charge is -2.09. The van der Waals surface area contributed by atoms with Crippen molar-refractivity contribution in [2.24, 2.45) is 0 Å². The zero-order valence-corrected chi connectivity index (χ0v) is 10.5. The van der Waals surface area contributed by atoms with Crippen LogP contribution in [0.15, 0.2) is 4.52 Å². The van der Waals surface area contributed by atoms with E-state index in [0.29, 0.717) is 11.7 Å². The van der Waals surface area contributed by atoms with Gasteiger partial charge in [0, 0.05) is 7.11 Å². The van der Waals surface area contributed by atoms with Gasteiger partial charge < -0.3 is 14.6 Å². The Hall–Kier alpha value is -0.940. The van der Waals surface area contributed by atoms with E-state index in [0.717, 1.165) is 19.4 Å². The van der Waals surface area contributed by atoms with Gasteiger partial charge in [-0.1, -0.05) is 25.4 Å².